The third-order valence-corrected chi connectivity index (χ3v) is 13.1. The van der Waals surface area contributed by atoms with Crippen molar-refractivity contribution >= 4 is 8.32 Å². The number of aromatic nitrogens is 3. The molecule has 0 saturated carbocycles. The van der Waals surface area contributed by atoms with Crippen LogP contribution in [-0.4, -0.2) is 28.7 Å². The second kappa shape index (κ2) is 11.7. The maximum Gasteiger partial charge on any atom is 0.250 e. The molecule has 1 aromatic carbocycles. The van der Waals surface area contributed by atoms with Gasteiger partial charge >= 0.3 is 0 Å². The van der Waals surface area contributed by atoms with E-state index < -0.39 is 8.32 Å². The molecule has 0 spiro atoms. The van der Waals surface area contributed by atoms with E-state index >= 15 is 0 Å². The lowest BCUT2D eigenvalue weighted by molar-refractivity contribution is 0.0522. The molecule has 0 fully saturated rings. The van der Waals surface area contributed by atoms with Crippen molar-refractivity contribution in [3.63, 3.8) is 0 Å². The molecule has 0 aliphatic carbocycles. The Morgan fingerprint density at radius 3 is 2.22 bits per heavy atom. The maximum absolute atomic E-state index is 6.85. The van der Waals surface area contributed by atoms with Crippen LogP contribution in [-0.2, 0) is 13.0 Å². The van der Waals surface area contributed by atoms with E-state index in [9.17, 15) is 0 Å². The minimum atomic E-state index is -1.90. The minimum absolute atomic E-state index is 0.0593. The summed E-state index contributed by atoms with van der Waals surface area (Å²) in [5.41, 5.74) is 5.13. The second-order valence-corrected chi connectivity index (χ2v) is 17.5. The summed E-state index contributed by atoms with van der Waals surface area (Å²) in [5.74, 6) is 2.25. The highest BCUT2D eigenvalue weighted by molar-refractivity contribution is 6.74. The molecule has 1 atom stereocenters. The first-order valence-corrected chi connectivity index (χ1v) is 17.1. The summed E-state index contributed by atoms with van der Waals surface area (Å²) in [6.07, 6.45) is 15.7. The Bertz CT molecular complexity index is 995. The fraction of sp³-hybridized carbons (Fsp3) is 0.733. The molecular weight excluding hydrogens is 462 g/mol. The standard InChI is InChI=1S/C30H51N3O2Si/c1-23-24(2)28-26(25(3)27(23)35-36(8,9)29(4,5)6)17-19-30(7,34-28)18-15-13-11-10-12-14-16-20-33-22-31-21-32-33/h21-22H,10-20H2,1-9H3/t30-/m1/s1. The van der Waals surface area contributed by atoms with Crippen LogP contribution in [0.2, 0.25) is 18.1 Å². The minimum Gasteiger partial charge on any atom is -0.543 e. The summed E-state index contributed by atoms with van der Waals surface area (Å²) in [7, 11) is -1.90. The van der Waals surface area contributed by atoms with E-state index in [0.29, 0.717) is 0 Å². The summed E-state index contributed by atoms with van der Waals surface area (Å²) in [5, 5.41) is 4.35. The first kappa shape index (κ1) is 28.7. The predicted molar refractivity (Wildman–Crippen MR) is 153 cm³/mol. The van der Waals surface area contributed by atoms with E-state index in [1.807, 2.05) is 4.68 Å². The first-order valence-electron chi connectivity index (χ1n) is 14.2. The van der Waals surface area contributed by atoms with Crippen LogP contribution in [0.15, 0.2) is 12.7 Å². The molecule has 5 nitrogen and oxygen atoms in total. The average Bonchev–Trinajstić information content (AvgIpc) is 3.32. The van der Waals surface area contributed by atoms with Gasteiger partial charge in [0.15, 0.2) is 0 Å². The van der Waals surface area contributed by atoms with Gasteiger partial charge in [-0.05, 0) is 94.6 Å². The zero-order chi connectivity index (χ0) is 26.6. The van der Waals surface area contributed by atoms with E-state index in [0.717, 1.165) is 37.3 Å². The molecule has 0 saturated heterocycles. The van der Waals surface area contributed by atoms with Crippen LogP contribution in [0.25, 0.3) is 0 Å². The normalized spacial score (nSPS) is 18.1. The summed E-state index contributed by atoms with van der Waals surface area (Å²) in [6.45, 7) is 21.6. The van der Waals surface area contributed by atoms with Crippen molar-refractivity contribution in [2.24, 2.45) is 0 Å². The number of rotatable bonds is 12. The Morgan fingerprint density at radius 1 is 0.972 bits per heavy atom. The van der Waals surface area contributed by atoms with Crippen molar-refractivity contribution in [1.82, 2.24) is 14.8 Å². The molecule has 0 N–H and O–H groups in total. The quantitative estimate of drug-likeness (QED) is 0.211. The van der Waals surface area contributed by atoms with Gasteiger partial charge in [0.2, 0.25) is 0 Å². The number of nitrogens with zero attached hydrogens (tertiary/aromatic N) is 3. The van der Waals surface area contributed by atoms with Crippen molar-refractivity contribution in [3.8, 4) is 11.5 Å². The van der Waals surface area contributed by atoms with Gasteiger partial charge in [-0.1, -0.05) is 52.9 Å². The highest BCUT2D eigenvalue weighted by Gasteiger charge is 2.41. The van der Waals surface area contributed by atoms with Crippen LogP contribution in [0.1, 0.15) is 108 Å². The van der Waals surface area contributed by atoms with E-state index in [1.54, 1.807) is 12.7 Å². The lowest BCUT2D eigenvalue weighted by Gasteiger charge is -2.41. The molecule has 0 radical (unpaired) electrons. The predicted octanol–water partition coefficient (Wildman–Crippen LogP) is 8.49. The van der Waals surface area contributed by atoms with Gasteiger partial charge in [-0.15, -0.1) is 0 Å². The number of ether oxygens (including phenoxy) is 1. The van der Waals surface area contributed by atoms with Crippen molar-refractivity contribution in [1.29, 1.82) is 0 Å². The Balaban J connectivity index is 1.50. The topological polar surface area (TPSA) is 49.2 Å². The third-order valence-electron chi connectivity index (χ3n) is 8.79. The molecule has 0 bridgehead atoms. The van der Waals surface area contributed by atoms with Gasteiger partial charge < -0.3 is 9.16 Å². The lowest BCUT2D eigenvalue weighted by atomic mass is 9.84. The molecule has 2 heterocycles. The van der Waals surface area contributed by atoms with Gasteiger partial charge in [-0.3, -0.25) is 4.68 Å². The maximum atomic E-state index is 6.85. The molecule has 2 aromatic rings. The molecule has 3 rings (SSSR count). The number of hydrogen-bond donors (Lipinski definition) is 0. The zero-order valence-corrected chi connectivity index (χ0v) is 25.6. The Kier molecular flexibility index (Phi) is 9.34. The van der Waals surface area contributed by atoms with E-state index in [1.165, 1.54) is 67.2 Å². The van der Waals surface area contributed by atoms with E-state index in [4.69, 9.17) is 9.16 Å². The monoisotopic (exact) mass is 513 g/mol. The number of benzene rings is 1. The van der Waals surface area contributed by atoms with Crippen LogP contribution in [0, 0.1) is 20.8 Å². The zero-order valence-electron chi connectivity index (χ0n) is 24.6. The number of aryl methyl sites for hydroxylation is 1. The summed E-state index contributed by atoms with van der Waals surface area (Å²) >= 11 is 0. The fourth-order valence-corrected chi connectivity index (χ4v) is 6.15. The van der Waals surface area contributed by atoms with E-state index in [-0.39, 0.29) is 10.6 Å². The molecule has 1 aliphatic heterocycles. The first-order chi connectivity index (χ1) is 16.8. The van der Waals surface area contributed by atoms with Crippen molar-refractivity contribution in [2.45, 2.75) is 143 Å². The molecule has 1 aliphatic rings. The Labute approximate surface area is 221 Å². The Hall–Kier alpha value is -1.82. The van der Waals surface area contributed by atoms with Gasteiger partial charge in [0, 0.05) is 12.1 Å². The molecular formula is C30H51N3O2Si. The average molecular weight is 514 g/mol. The molecule has 36 heavy (non-hydrogen) atoms. The SMILES string of the molecule is Cc1c(C)c2c(c(C)c1O[Si](C)(C)C(C)(C)C)CC[C@@](C)(CCCCCCCCCn1cncn1)O2. The highest BCUT2D eigenvalue weighted by Crippen LogP contribution is 2.47. The molecule has 6 heteroatoms. The van der Waals surface area contributed by atoms with Crippen LogP contribution >= 0.6 is 0 Å². The van der Waals surface area contributed by atoms with E-state index in [2.05, 4.69) is 71.6 Å². The highest BCUT2D eigenvalue weighted by atomic mass is 28.4. The lowest BCUT2D eigenvalue weighted by Crippen LogP contribution is -2.44. The summed E-state index contributed by atoms with van der Waals surface area (Å²) in [4.78, 5) is 4.00. The summed E-state index contributed by atoms with van der Waals surface area (Å²) < 4.78 is 15.6. The van der Waals surface area contributed by atoms with Crippen LogP contribution < -0.4 is 9.16 Å². The fourth-order valence-electron chi connectivity index (χ4n) is 5.02. The molecule has 1 aromatic heterocycles. The van der Waals surface area contributed by atoms with Gasteiger partial charge in [0.05, 0.1) is 0 Å². The van der Waals surface area contributed by atoms with Crippen LogP contribution in [0.3, 0.4) is 0 Å². The second-order valence-electron chi connectivity index (χ2n) is 12.8. The van der Waals surface area contributed by atoms with Gasteiger partial charge in [-0.25, -0.2) is 4.98 Å². The summed E-state index contributed by atoms with van der Waals surface area (Å²) in [6, 6.07) is 0. The van der Waals surface area contributed by atoms with Crippen molar-refractivity contribution in [2.75, 3.05) is 0 Å². The van der Waals surface area contributed by atoms with Crippen LogP contribution in [0.4, 0.5) is 0 Å². The molecule has 0 unspecified atom stereocenters. The van der Waals surface area contributed by atoms with Crippen molar-refractivity contribution in [3.05, 3.63) is 34.9 Å². The van der Waals surface area contributed by atoms with Crippen molar-refractivity contribution < 1.29 is 9.16 Å². The smallest absolute Gasteiger partial charge is 0.250 e. The Morgan fingerprint density at radius 2 is 1.61 bits per heavy atom. The molecule has 202 valence electrons. The van der Waals surface area contributed by atoms with Gasteiger partial charge in [0.1, 0.15) is 29.8 Å². The van der Waals surface area contributed by atoms with Gasteiger partial charge in [0.25, 0.3) is 8.32 Å². The largest absolute Gasteiger partial charge is 0.543 e. The number of fused-ring (bicyclic) bond motifs is 1. The third kappa shape index (κ3) is 6.93. The van der Waals surface area contributed by atoms with Crippen LogP contribution in [0.5, 0.6) is 11.5 Å². The number of unbranched alkanes of at least 4 members (excludes halogenated alkanes) is 6. The number of hydrogen-bond acceptors (Lipinski definition) is 4. The van der Waals surface area contributed by atoms with Gasteiger partial charge in [-0.2, -0.15) is 5.10 Å². The molecule has 0 amide bonds.